The lowest BCUT2D eigenvalue weighted by Crippen LogP contribution is -2.16. The molecule has 39 heavy (non-hydrogen) atoms. The van der Waals surface area contributed by atoms with E-state index >= 15 is 0 Å². The number of thiazole rings is 1. The number of esters is 1. The van der Waals surface area contributed by atoms with E-state index in [1.54, 1.807) is 29.8 Å². The Bertz CT molecular complexity index is 1430. The Labute approximate surface area is 237 Å². The van der Waals surface area contributed by atoms with Gasteiger partial charge in [-0.3, -0.25) is 0 Å². The van der Waals surface area contributed by atoms with Crippen molar-refractivity contribution >= 4 is 39.6 Å². The number of hydrogen-bond donors (Lipinski definition) is 0. The number of methoxy groups -OCH3 is 2. The summed E-state index contributed by atoms with van der Waals surface area (Å²) >= 11 is 3.30. The first-order valence-electron chi connectivity index (χ1n) is 13.1. The van der Waals surface area contributed by atoms with E-state index in [1.807, 2.05) is 47.8 Å². The standard InChI is InChI=1S/C30H33N3O4S2/c1-19-16-21(11-12-24(19)37-14-13-35-3)26-27(20-8-5-6-9-20)39-30(32-26)33(2)28-23(29(34)36-4)17-22(18-31-28)25-10-7-15-38-25/h7,10-12,15-18,20H,5-6,8-9,13-14H2,1-4H3. The van der Waals surface area contributed by atoms with Crippen LogP contribution in [-0.4, -0.2) is 50.4 Å². The highest BCUT2D eigenvalue weighted by Gasteiger charge is 2.28. The van der Waals surface area contributed by atoms with Crippen LogP contribution in [-0.2, 0) is 9.47 Å². The van der Waals surface area contributed by atoms with Crippen molar-refractivity contribution in [2.45, 2.75) is 38.5 Å². The Morgan fingerprint density at radius 2 is 1.92 bits per heavy atom. The fourth-order valence-electron chi connectivity index (χ4n) is 4.98. The van der Waals surface area contributed by atoms with Gasteiger partial charge in [0, 0.05) is 41.2 Å². The van der Waals surface area contributed by atoms with Crippen LogP contribution in [0.1, 0.15) is 52.4 Å². The van der Waals surface area contributed by atoms with Gasteiger partial charge in [-0.2, -0.15) is 0 Å². The molecule has 0 unspecified atom stereocenters. The average molecular weight is 564 g/mol. The number of rotatable bonds is 10. The number of pyridine rings is 1. The Hall–Kier alpha value is -3.27. The number of aryl methyl sites for hydroxylation is 1. The van der Waals surface area contributed by atoms with Gasteiger partial charge in [0.15, 0.2) is 5.13 Å². The van der Waals surface area contributed by atoms with Gasteiger partial charge in [-0.25, -0.2) is 14.8 Å². The topological polar surface area (TPSA) is 73.8 Å². The van der Waals surface area contributed by atoms with Crippen LogP contribution in [0.4, 0.5) is 10.9 Å². The molecule has 7 nitrogen and oxygen atoms in total. The van der Waals surface area contributed by atoms with Gasteiger partial charge in [-0.15, -0.1) is 22.7 Å². The lowest BCUT2D eigenvalue weighted by atomic mass is 10.00. The maximum atomic E-state index is 12.8. The van der Waals surface area contributed by atoms with Crippen molar-refractivity contribution in [3.8, 4) is 27.4 Å². The zero-order valence-corrected chi connectivity index (χ0v) is 24.4. The van der Waals surface area contributed by atoms with Crippen molar-refractivity contribution < 1.29 is 19.0 Å². The molecule has 3 aromatic heterocycles. The van der Waals surface area contributed by atoms with Gasteiger partial charge >= 0.3 is 5.97 Å². The molecule has 0 radical (unpaired) electrons. The molecule has 0 spiro atoms. The highest BCUT2D eigenvalue weighted by Crippen LogP contribution is 2.46. The quantitative estimate of drug-likeness (QED) is 0.146. The molecule has 0 N–H and O–H groups in total. The van der Waals surface area contributed by atoms with E-state index in [0.29, 0.717) is 30.5 Å². The van der Waals surface area contributed by atoms with E-state index in [-0.39, 0.29) is 0 Å². The highest BCUT2D eigenvalue weighted by molar-refractivity contribution is 7.16. The number of aromatic nitrogens is 2. The zero-order chi connectivity index (χ0) is 27.4. The van der Waals surface area contributed by atoms with Gasteiger partial charge in [-0.05, 0) is 67.0 Å². The van der Waals surface area contributed by atoms with Crippen LogP contribution < -0.4 is 9.64 Å². The summed E-state index contributed by atoms with van der Waals surface area (Å²) in [7, 11) is 4.98. The molecule has 1 aromatic carbocycles. The molecule has 3 heterocycles. The summed E-state index contributed by atoms with van der Waals surface area (Å²) in [5.41, 5.74) is 4.42. The van der Waals surface area contributed by atoms with Crippen LogP contribution in [0.25, 0.3) is 21.7 Å². The molecule has 1 aliphatic carbocycles. The summed E-state index contributed by atoms with van der Waals surface area (Å²) < 4.78 is 16.1. The molecule has 1 aliphatic rings. The number of nitrogens with zero attached hydrogens (tertiary/aromatic N) is 3. The van der Waals surface area contributed by atoms with Crippen molar-refractivity contribution in [2.75, 3.05) is 39.4 Å². The molecule has 5 rings (SSSR count). The minimum atomic E-state index is -0.421. The molecule has 0 amide bonds. The Kier molecular flexibility index (Phi) is 8.60. The predicted octanol–water partition coefficient (Wildman–Crippen LogP) is 7.48. The minimum absolute atomic E-state index is 0.415. The first kappa shape index (κ1) is 27.3. The summed E-state index contributed by atoms with van der Waals surface area (Å²) in [5.74, 6) is 1.43. The molecule has 9 heteroatoms. The first-order valence-corrected chi connectivity index (χ1v) is 14.8. The summed E-state index contributed by atoms with van der Waals surface area (Å²) in [6.07, 6.45) is 6.60. The lowest BCUT2D eigenvalue weighted by molar-refractivity contribution is 0.0601. The minimum Gasteiger partial charge on any atom is -0.491 e. The Balaban J connectivity index is 1.53. The van der Waals surface area contributed by atoms with Crippen molar-refractivity contribution in [3.63, 3.8) is 0 Å². The van der Waals surface area contributed by atoms with Crippen molar-refractivity contribution in [1.82, 2.24) is 9.97 Å². The summed E-state index contributed by atoms with van der Waals surface area (Å²) in [4.78, 5) is 26.9. The summed E-state index contributed by atoms with van der Waals surface area (Å²) in [6, 6.07) is 12.1. The molecule has 4 aromatic rings. The van der Waals surface area contributed by atoms with Gasteiger partial charge in [0.05, 0.1) is 19.4 Å². The van der Waals surface area contributed by atoms with E-state index in [9.17, 15) is 4.79 Å². The second-order valence-electron chi connectivity index (χ2n) is 9.64. The van der Waals surface area contributed by atoms with Crippen LogP contribution in [0.3, 0.4) is 0 Å². The molecule has 1 fully saturated rings. The number of hydrogen-bond acceptors (Lipinski definition) is 9. The number of carbonyl (C=O) groups is 1. The number of benzene rings is 1. The smallest absolute Gasteiger partial charge is 0.341 e. The maximum absolute atomic E-state index is 12.8. The number of ether oxygens (including phenoxy) is 3. The molecule has 1 saturated carbocycles. The number of thiophene rings is 1. The van der Waals surface area contributed by atoms with Crippen molar-refractivity contribution in [1.29, 1.82) is 0 Å². The molecule has 0 aliphatic heterocycles. The molecule has 0 atom stereocenters. The van der Waals surface area contributed by atoms with Crippen LogP contribution in [0, 0.1) is 6.92 Å². The van der Waals surface area contributed by atoms with E-state index in [4.69, 9.17) is 24.2 Å². The van der Waals surface area contributed by atoms with Crippen molar-refractivity contribution in [3.05, 3.63) is 64.0 Å². The van der Waals surface area contributed by atoms with Gasteiger partial charge in [-0.1, -0.05) is 18.9 Å². The van der Waals surface area contributed by atoms with Gasteiger partial charge < -0.3 is 19.1 Å². The molecular formula is C30H33N3O4S2. The molecule has 0 bridgehead atoms. The van der Waals surface area contributed by atoms with Crippen LogP contribution in [0.15, 0.2) is 48.0 Å². The van der Waals surface area contributed by atoms with Crippen LogP contribution in [0.2, 0.25) is 0 Å². The fourth-order valence-corrected chi connectivity index (χ4v) is 6.91. The highest BCUT2D eigenvalue weighted by atomic mass is 32.1. The van der Waals surface area contributed by atoms with E-state index in [2.05, 4.69) is 19.1 Å². The van der Waals surface area contributed by atoms with Gasteiger partial charge in [0.25, 0.3) is 0 Å². The number of anilines is 2. The van der Waals surface area contributed by atoms with Gasteiger partial charge in [0.2, 0.25) is 0 Å². The third-order valence-corrected chi connectivity index (χ3v) is 9.26. The Morgan fingerprint density at radius 3 is 2.62 bits per heavy atom. The van der Waals surface area contributed by atoms with Crippen LogP contribution >= 0.6 is 22.7 Å². The van der Waals surface area contributed by atoms with Crippen molar-refractivity contribution in [2.24, 2.45) is 0 Å². The largest absolute Gasteiger partial charge is 0.491 e. The maximum Gasteiger partial charge on any atom is 0.341 e. The predicted molar refractivity (Wildman–Crippen MR) is 158 cm³/mol. The fraction of sp³-hybridized carbons (Fsp3) is 0.367. The van der Waals surface area contributed by atoms with E-state index in [1.165, 1.54) is 24.8 Å². The second kappa shape index (κ2) is 12.3. The monoisotopic (exact) mass is 563 g/mol. The normalized spacial score (nSPS) is 13.5. The van der Waals surface area contributed by atoms with E-state index < -0.39 is 5.97 Å². The number of carbonyl (C=O) groups excluding carboxylic acids is 1. The lowest BCUT2D eigenvalue weighted by Gasteiger charge is -2.18. The SMILES string of the molecule is COCCOc1ccc(-c2nc(N(C)c3ncc(-c4cccs4)cc3C(=O)OC)sc2C2CCCC2)cc1C. The average Bonchev–Trinajstić information content (AvgIpc) is 3.74. The third-order valence-electron chi connectivity index (χ3n) is 7.04. The van der Waals surface area contributed by atoms with Crippen LogP contribution in [0.5, 0.6) is 5.75 Å². The molecular weight excluding hydrogens is 530 g/mol. The Morgan fingerprint density at radius 1 is 1.10 bits per heavy atom. The first-order chi connectivity index (χ1) is 19.0. The summed E-state index contributed by atoms with van der Waals surface area (Å²) in [5, 5.41) is 2.81. The zero-order valence-electron chi connectivity index (χ0n) is 22.7. The van der Waals surface area contributed by atoms with Gasteiger partial charge in [0.1, 0.15) is 23.7 Å². The van der Waals surface area contributed by atoms with E-state index in [0.717, 1.165) is 51.0 Å². The summed E-state index contributed by atoms with van der Waals surface area (Å²) in [6.45, 7) is 3.11. The molecule has 0 saturated heterocycles. The second-order valence-corrected chi connectivity index (χ2v) is 11.6. The third kappa shape index (κ3) is 5.85. The molecule has 204 valence electrons.